The average Bonchev–Trinajstić information content (AvgIpc) is 2.28. The summed E-state index contributed by atoms with van der Waals surface area (Å²) in [5.74, 6) is 0. The lowest BCUT2D eigenvalue weighted by Crippen LogP contribution is -2.36. The van der Waals surface area contributed by atoms with Crippen LogP contribution in [-0.4, -0.2) is 6.03 Å². The summed E-state index contributed by atoms with van der Waals surface area (Å²) >= 11 is 0. The van der Waals surface area contributed by atoms with Crippen LogP contribution in [-0.2, 0) is 0 Å². The third kappa shape index (κ3) is 1.16. The van der Waals surface area contributed by atoms with E-state index in [4.69, 9.17) is 0 Å². The second-order valence-electron chi connectivity index (χ2n) is 2.52. The zero-order chi connectivity index (χ0) is 8.39. The van der Waals surface area contributed by atoms with E-state index in [1.54, 1.807) is 6.20 Å². The van der Waals surface area contributed by atoms with Gasteiger partial charge in [0.1, 0.15) is 0 Å². The molecule has 0 fully saturated rings. The number of carbonyl (C=O) groups excluding carboxylic acids is 1. The first-order valence-electron chi connectivity index (χ1n) is 3.69. The van der Waals surface area contributed by atoms with Crippen molar-refractivity contribution >= 4 is 6.03 Å². The fourth-order valence-electron chi connectivity index (χ4n) is 1.10. The molecule has 2 N–H and O–H groups in total. The van der Waals surface area contributed by atoms with Gasteiger partial charge >= 0.3 is 6.03 Å². The Morgan fingerprint density at radius 1 is 1.17 bits per heavy atom. The molecule has 1 aliphatic heterocycles. The quantitative estimate of drug-likeness (QED) is 0.549. The predicted molar refractivity (Wildman–Crippen MR) is 46.1 cm³/mol. The van der Waals surface area contributed by atoms with E-state index in [0.717, 1.165) is 11.3 Å². The van der Waals surface area contributed by atoms with Crippen molar-refractivity contribution in [2.75, 3.05) is 0 Å². The molecule has 0 aromatic rings. The Kier molecular flexibility index (Phi) is 1.55. The Labute approximate surface area is 70.1 Å². The molecule has 0 aromatic heterocycles. The standard InChI is InChI=1S/C9H8N2O/c12-9-10-6-7-4-2-1-3-5-8(7)11-9/h1-6H,(H2,10,11,12). The second-order valence-corrected chi connectivity index (χ2v) is 2.52. The zero-order valence-electron chi connectivity index (χ0n) is 6.37. The van der Waals surface area contributed by atoms with Crippen LogP contribution in [0.25, 0.3) is 0 Å². The molecule has 0 aromatic carbocycles. The van der Waals surface area contributed by atoms with Crippen LogP contribution in [0.5, 0.6) is 0 Å². The van der Waals surface area contributed by atoms with Crippen LogP contribution in [0, 0.1) is 0 Å². The molecule has 0 bridgehead atoms. The highest BCUT2D eigenvalue weighted by molar-refractivity contribution is 5.81. The zero-order valence-corrected chi connectivity index (χ0v) is 6.37. The van der Waals surface area contributed by atoms with Gasteiger partial charge in [-0.05, 0) is 6.08 Å². The summed E-state index contributed by atoms with van der Waals surface area (Å²) in [4.78, 5) is 10.9. The number of allylic oxidation sites excluding steroid dienone is 5. The predicted octanol–water partition coefficient (Wildman–Crippen LogP) is 1.19. The van der Waals surface area contributed by atoms with Gasteiger partial charge in [0.15, 0.2) is 0 Å². The fraction of sp³-hybridized carbons (Fsp3) is 0. The van der Waals surface area contributed by atoms with E-state index in [0.29, 0.717) is 0 Å². The highest BCUT2D eigenvalue weighted by Gasteiger charge is 2.11. The van der Waals surface area contributed by atoms with Gasteiger partial charge in [0, 0.05) is 11.8 Å². The van der Waals surface area contributed by atoms with E-state index in [2.05, 4.69) is 10.6 Å². The Morgan fingerprint density at radius 3 is 3.00 bits per heavy atom. The minimum atomic E-state index is -0.186. The number of hydrogen-bond acceptors (Lipinski definition) is 1. The van der Waals surface area contributed by atoms with E-state index in [-0.39, 0.29) is 6.03 Å². The molecule has 0 atom stereocenters. The number of amides is 2. The van der Waals surface area contributed by atoms with Gasteiger partial charge < -0.3 is 10.6 Å². The minimum Gasteiger partial charge on any atom is -0.314 e. The molecule has 1 aliphatic carbocycles. The molecular weight excluding hydrogens is 152 g/mol. The van der Waals surface area contributed by atoms with E-state index in [1.807, 2.05) is 30.4 Å². The van der Waals surface area contributed by atoms with Crippen LogP contribution in [0.2, 0.25) is 0 Å². The summed E-state index contributed by atoms with van der Waals surface area (Å²) < 4.78 is 0. The van der Waals surface area contributed by atoms with Crippen molar-refractivity contribution in [3.8, 4) is 0 Å². The summed E-state index contributed by atoms with van der Waals surface area (Å²) in [7, 11) is 0. The van der Waals surface area contributed by atoms with Crippen LogP contribution in [0.1, 0.15) is 0 Å². The summed E-state index contributed by atoms with van der Waals surface area (Å²) in [6, 6.07) is -0.186. The molecule has 2 aliphatic rings. The molecule has 2 rings (SSSR count). The lowest BCUT2D eigenvalue weighted by Gasteiger charge is -2.15. The molecule has 0 saturated heterocycles. The normalized spacial score (nSPS) is 19.8. The first-order chi connectivity index (χ1) is 5.86. The maximum atomic E-state index is 10.9. The van der Waals surface area contributed by atoms with Crippen LogP contribution in [0.15, 0.2) is 47.9 Å². The van der Waals surface area contributed by atoms with Crippen LogP contribution in [0.3, 0.4) is 0 Å². The topological polar surface area (TPSA) is 41.1 Å². The van der Waals surface area contributed by atoms with Crippen molar-refractivity contribution in [2.24, 2.45) is 0 Å². The van der Waals surface area contributed by atoms with Gasteiger partial charge in [-0.2, -0.15) is 0 Å². The molecule has 0 radical (unpaired) electrons. The highest BCUT2D eigenvalue weighted by atomic mass is 16.2. The summed E-state index contributed by atoms with van der Waals surface area (Å²) in [6.45, 7) is 0. The van der Waals surface area contributed by atoms with E-state index < -0.39 is 0 Å². The Balaban J connectivity index is 2.41. The maximum Gasteiger partial charge on any atom is 0.323 e. The smallest absolute Gasteiger partial charge is 0.314 e. The second kappa shape index (κ2) is 2.70. The fourth-order valence-corrected chi connectivity index (χ4v) is 1.10. The summed E-state index contributed by atoms with van der Waals surface area (Å²) in [5.41, 5.74) is 1.82. The van der Waals surface area contributed by atoms with Gasteiger partial charge in [0.25, 0.3) is 0 Å². The average molecular weight is 160 g/mol. The van der Waals surface area contributed by atoms with Crippen LogP contribution < -0.4 is 10.6 Å². The SMILES string of the molecule is O=C1NC=C2C=CC=CC=C2N1. The van der Waals surface area contributed by atoms with Gasteiger partial charge in [0.05, 0.1) is 5.70 Å². The maximum absolute atomic E-state index is 10.9. The van der Waals surface area contributed by atoms with Crippen molar-refractivity contribution in [3.63, 3.8) is 0 Å². The lowest BCUT2D eigenvalue weighted by atomic mass is 10.2. The van der Waals surface area contributed by atoms with Gasteiger partial charge in [-0.1, -0.05) is 24.3 Å². The minimum absolute atomic E-state index is 0.186. The third-order valence-electron chi connectivity index (χ3n) is 1.68. The van der Waals surface area contributed by atoms with Crippen molar-refractivity contribution < 1.29 is 4.79 Å². The van der Waals surface area contributed by atoms with E-state index in [9.17, 15) is 4.79 Å². The summed E-state index contributed by atoms with van der Waals surface area (Å²) in [6.07, 6.45) is 11.2. The van der Waals surface area contributed by atoms with Gasteiger partial charge in [0.2, 0.25) is 0 Å². The van der Waals surface area contributed by atoms with Crippen LogP contribution >= 0.6 is 0 Å². The van der Waals surface area contributed by atoms with Crippen molar-refractivity contribution in [1.29, 1.82) is 0 Å². The van der Waals surface area contributed by atoms with Gasteiger partial charge in [-0.15, -0.1) is 0 Å². The van der Waals surface area contributed by atoms with Gasteiger partial charge in [-0.3, -0.25) is 0 Å². The molecule has 3 nitrogen and oxygen atoms in total. The first kappa shape index (κ1) is 6.91. The Morgan fingerprint density at radius 2 is 2.08 bits per heavy atom. The number of carbonyl (C=O) groups is 1. The number of fused-ring (bicyclic) bond motifs is 1. The molecule has 0 saturated carbocycles. The summed E-state index contributed by atoms with van der Waals surface area (Å²) in [5, 5.41) is 5.28. The molecule has 60 valence electrons. The lowest BCUT2D eigenvalue weighted by molar-refractivity contribution is 0.246. The van der Waals surface area contributed by atoms with E-state index in [1.165, 1.54) is 0 Å². The molecule has 12 heavy (non-hydrogen) atoms. The molecule has 0 spiro atoms. The van der Waals surface area contributed by atoms with Crippen molar-refractivity contribution in [2.45, 2.75) is 0 Å². The highest BCUT2D eigenvalue weighted by Crippen LogP contribution is 2.13. The molecule has 0 unspecified atom stereocenters. The Bertz CT molecular complexity index is 334. The number of nitrogens with one attached hydrogen (secondary N) is 2. The molecule has 3 heteroatoms. The third-order valence-corrected chi connectivity index (χ3v) is 1.68. The number of rotatable bonds is 0. The van der Waals surface area contributed by atoms with Crippen LogP contribution in [0.4, 0.5) is 4.79 Å². The number of hydrogen-bond donors (Lipinski definition) is 2. The van der Waals surface area contributed by atoms with Crippen molar-refractivity contribution in [1.82, 2.24) is 10.6 Å². The molecule has 1 heterocycles. The largest absolute Gasteiger partial charge is 0.323 e. The van der Waals surface area contributed by atoms with Crippen molar-refractivity contribution in [3.05, 3.63) is 47.9 Å². The van der Waals surface area contributed by atoms with Gasteiger partial charge in [-0.25, -0.2) is 4.79 Å². The van der Waals surface area contributed by atoms with E-state index >= 15 is 0 Å². The molecule has 2 amide bonds. The molecular formula is C9H8N2O. The monoisotopic (exact) mass is 160 g/mol. The number of urea groups is 1. The Hall–Kier alpha value is -1.77. The first-order valence-corrected chi connectivity index (χ1v) is 3.69.